The molecule has 1 aliphatic carbocycles. The number of fused-ring (bicyclic) bond motifs is 1. The molecule has 18 heavy (non-hydrogen) atoms. The van der Waals surface area contributed by atoms with Crippen LogP contribution in [0.2, 0.25) is 0 Å². The van der Waals surface area contributed by atoms with Gasteiger partial charge < -0.3 is 10.6 Å². The summed E-state index contributed by atoms with van der Waals surface area (Å²) in [4.78, 5) is 1.63. The van der Waals surface area contributed by atoms with Crippen molar-refractivity contribution in [2.24, 2.45) is 0 Å². The largest absolute Gasteiger partial charge is 0.315 e. The van der Waals surface area contributed by atoms with Crippen molar-refractivity contribution in [2.45, 2.75) is 51.5 Å². The van der Waals surface area contributed by atoms with Crippen molar-refractivity contribution in [3.05, 3.63) is 21.9 Å². The number of hydrogen-bond acceptors (Lipinski definition) is 3. The SMILES string of the molecule is CC(C)(C)NCCNCC1CCCc2sccc21. The van der Waals surface area contributed by atoms with Gasteiger partial charge in [0.05, 0.1) is 0 Å². The van der Waals surface area contributed by atoms with Crippen molar-refractivity contribution in [3.8, 4) is 0 Å². The molecule has 1 unspecified atom stereocenters. The van der Waals surface area contributed by atoms with Crippen molar-refractivity contribution in [3.63, 3.8) is 0 Å². The highest BCUT2D eigenvalue weighted by atomic mass is 32.1. The van der Waals surface area contributed by atoms with Gasteiger partial charge in [0.15, 0.2) is 0 Å². The Morgan fingerprint density at radius 3 is 2.94 bits per heavy atom. The van der Waals surface area contributed by atoms with Crippen LogP contribution < -0.4 is 10.6 Å². The Labute approximate surface area is 115 Å². The summed E-state index contributed by atoms with van der Waals surface area (Å²) in [6.45, 7) is 9.89. The third-order valence-electron chi connectivity index (χ3n) is 3.52. The molecule has 2 nitrogen and oxygen atoms in total. The fraction of sp³-hybridized carbons (Fsp3) is 0.733. The van der Waals surface area contributed by atoms with E-state index in [0.29, 0.717) is 0 Å². The summed E-state index contributed by atoms with van der Waals surface area (Å²) >= 11 is 1.94. The van der Waals surface area contributed by atoms with Crippen molar-refractivity contribution >= 4 is 11.3 Å². The van der Waals surface area contributed by atoms with Gasteiger partial charge in [-0.05, 0) is 63.0 Å². The molecule has 1 heterocycles. The van der Waals surface area contributed by atoms with Gasteiger partial charge in [-0.3, -0.25) is 0 Å². The van der Waals surface area contributed by atoms with E-state index in [9.17, 15) is 0 Å². The molecule has 1 aliphatic rings. The average molecular weight is 266 g/mol. The Hall–Kier alpha value is -0.380. The fourth-order valence-electron chi connectivity index (χ4n) is 2.60. The predicted molar refractivity (Wildman–Crippen MR) is 80.6 cm³/mol. The summed E-state index contributed by atoms with van der Waals surface area (Å²) in [5.74, 6) is 0.745. The summed E-state index contributed by atoms with van der Waals surface area (Å²) in [5.41, 5.74) is 1.84. The quantitative estimate of drug-likeness (QED) is 0.800. The van der Waals surface area contributed by atoms with Crippen LogP contribution in [0.25, 0.3) is 0 Å². The summed E-state index contributed by atoms with van der Waals surface area (Å²) < 4.78 is 0. The number of hydrogen-bond donors (Lipinski definition) is 2. The molecule has 1 aromatic rings. The highest BCUT2D eigenvalue weighted by molar-refractivity contribution is 7.10. The Bertz CT molecular complexity index is 365. The number of nitrogens with one attached hydrogen (secondary N) is 2. The minimum absolute atomic E-state index is 0.229. The van der Waals surface area contributed by atoms with E-state index < -0.39 is 0 Å². The Morgan fingerprint density at radius 2 is 2.17 bits per heavy atom. The Kier molecular flexibility index (Phi) is 4.82. The summed E-state index contributed by atoms with van der Waals surface area (Å²) in [5, 5.41) is 9.37. The third kappa shape index (κ3) is 4.08. The lowest BCUT2D eigenvalue weighted by Crippen LogP contribution is -2.40. The minimum atomic E-state index is 0.229. The third-order valence-corrected chi connectivity index (χ3v) is 4.52. The smallest absolute Gasteiger partial charge is 0.00970 e. The van der Waals surface area contributed by atoms with Crippen molar-refractivity contribution in [2.75, 3.05) is 19.6 Å². The second-order valence-corrected chi connectivity index (χ2v) is 7.27. The second-order valence-electron chi connectivity index (χ2n) is 6.27. The molecule has 0 radical (unpaired) electrons. The molecule has 0 fully saturated rings. The molecule has 2 rings (SSSR count). The van der Waals surface area contributed by atoms with Gasteiger partial charge in [-0.15, -0.1) is 11.3 Å². The molecule has 0 aromatic carbocycles. The minimum Gasteiger partial charge on any atom is -0.315 e. The van der Waals surface area contributed by atoms with Crippen LogP contribution in [0.5, 0.6) is 0 Å². The molecule has 0 spiro atoms. The van der Waals surface area contributed by atoms with Crippen molar-refractivity contribution < 1.29 is 0 Å². The molecule has 0 bridgehead atoms. The van der Waals surface area contributed by atoms with Gasteiger partial charge in [-0.1, -0.05) is 0 Å². The molecule has 1 aromatic heterocycles. The molecule has 3 heteroatoms. The maximum atomic E-state index is 3.60. The van der Waals surface area contributed by atoms with Gasteiger partial charge in [-0.2, -0.15) is 0 Å². The molecule has 0 saturated carbocycles. The van der Waals surface area contributed by atoms with Crippen LogP contribution in [0.1, 0.15) is 50.0 Å². The summed E-state index contributed by atoms with van der Waals surface area (Å²) in [6.07, 6.45) is 4.01. The predicted octanol–water partition coefficient (Wildman–Crippen LogP) is 3.15. The van der Waals surface area contributed by atoms with E-state index in [1.54, 1.807) is 10.4 Å². The molecule has 1 atom stereocenters. The molecule has 2 N–H and O–H groups in total. The first kappa shape index (κ1) is 14.0. The van der Waals surface area contributed by atoms with E-state index in [1.165, 1.54) is 19.3 Å². The van der Waals surface area contributed by atoms with E-state index in [2.05, 4.69) is 42.9 Å². The maximum absolute atomic E-state index is 3.60. The van der Waals surface area contributed by atoms with Gasteiger partial charge in [0.1, 0.15) is 0 Å². The van der Waals surface area contributed by atoms with Crippen LogP contribution in [0.4, 0.5) is 0 Å². The van der Waals surface area contributed by atoms with Gasteiger partial charge >= 0.3 is 0 Å². The second kappa shape index (κ2) is 6.18. The highest BCUT2D eigenvalue weighted by Gasteiger charge is 2.20. The zero-order chi connectivity index (χ0) is 13.0. The highest BCUT2D eigenvalue weighted by Crippen LogP contribution is 2.34. The first-order valence-corrected chi connectivity index (χ1v) is 7.96. The van der Waals surface area contributed by atoms with Gasteiger partial charge in [0.2, 0.25) is 0 Å². The van der Waals surface area contributed by atoms with Gasteiger partial charge in [0, 0.05) is 30.1 Å². The van der Waals surface area contributed by atoms with Gasteiger partial charge in [-0.25, -0.2) is 0 Å². The summed E-state index contributed by atoms with van der Waals surface area (Å²) in [6, 6.07) is 2.33. The first-order chi connectivity index (χ1) is 8.56. The Balaban J connectivity index is 1.69. The Morgan fingerprint density at radius 1 is 1.33 bits per heavy atom. The van der Waals surface area contributed by atoms with E-state index in [4.69, 9.17) is 0 Å². The van der Waals surface area contributed by atoms with Crippen LogP contribution in [0.3, 0.4) is 0 Å². The maximum Gasteiger partial charge on any atom is 0.00970 e. The lowest BCUT2D eigenvalue weighted by atomic mass is 9.88. The van der Waals surface area contributed by atoms with Crippen molar-refractivity contribution in [1.29, 1.82) is 0 Å². The lowest BCUT2D eigenvalue weighted by Gasteiger charge is -2.24. The lowest BCUT2D eigenvalue weighted by molar-refractivity contribution is 0.416. The average Bonchev–Trinajstić information content (AvgIpc) is 2.75. The van der Waals surface area contributed by atoms with Crippen molar-refractivity contribution in [1.82, 2.24) is 10.6 Å². The zero-order valence-corrected chi connectivity index (χ0v) is 12.7. The molecular formula is C15H26N2S. The van der Waals surface area contributed by atoms with E-state index in [-0.39, 0.29) is 5.54 Å². The molecule has 0 saturated heterocycles. The monoisotopic (exact) mass is 266 g/mol. The van der Waals surface area contributed by atoms with Crippen LogP contribution in [0, 0.1) is 0 Å². The number of rotatable bonds is 5. The topological polar surface area (TPSA) is 24.1 Å². The standard InChI is InChI=1S/C15H26N2S/c1-15(2,3)17-9-8-16-11-12-5-4-6-14-13(12)7-10-18-14/h7,10,12,16-17H,4-6,8-9,11H2,1-3H3. The molecule has 0 amide bonds. The van der Waals surface area contributed by atoms with Crippen LogP contribution in [0.15, 0.2) is 11.4 Å². The molecule has 102 valence electrons. The van der Waals surface area contributed by atoms with Crippen LogP contribution in [-0.2, 0) is 6.42 Å². The zero-order valence-electron chi connectivity index (χ0n) is 11.9. The van der Waals surface area contributed by atoms with Crippen LogP contribution in [-0.4, -0.2) is 25.2 Å². The van der Waals surface area contributed by atoms with E-state index in [0.717, 1.165) is 25.6 Å². The molecule has 0 aliphatic heterocycles. The number of thiophene rings is 1. The molecular weight excluding hydrogens is 240 g/mol. The van der Waals surface area contributed by atoms with E-state index in [1.807, 2.05) is 11.3 Å². The number of aryl methyl sites for hydroxylation is 1. The van der Waals surface area contributed by atoms with Gasteiger partial charge in [0.25, 0.3) is 0 Å². The first-order valence-electron chi connectivity index (χ1n) is 7.08. The van der Waals surface area contributed by atoms with Crippen LogP contribution >= 0.6 is 11.3 Å². The summed E-state index contributed by atoms with van der Waals surface area (Å²) in [7, 11) is 0. The normalized spacial score (nSPS) is 19.8. The fourth-order valence-corrected chi connectivity index (χ4v) is 3.61. The van der Waals surface area contributed by atoms with E-state index >= 15 is 0 Å².